The van der Waals surface area contributed by atoms with Gasteiger partial charge in [-0.15, -0.1) is 0 Å². The minimum Gasteiger partial charge on any atom is -0.326 e. The Bertz CT molecular complexity index is 571. The van der Waals surface area contributed by atoms with Gasteiger partial charge in [0.05, 0.1) is 4.90 Å². The normalized spacial score (nSPS) is 17.1. The van der Waals surface area contributed by atoms with Crippen molar-refractivity contribution in [1.82, 2.24) is 4.72 Å². The molecule has 1 fully saturated rings. The van der Waals surface area contributed by atoms with Crippen LogP contribution in [0.4, 0.5) is 0 Å². The average molecular weight is 317 g/mol. The maximum atomic E-state index is 12.4. The molecule has 0 heterocycles. The second kappa shape index (κ2) is 6.43. The van der Waals surface area contributed by atoms with Gasteiger partial charge < -0.3 is 5.73 Å². The summed E-state index contributed by atoms with van der Waals surface area (Å²) in [7, 11) is -3.50. The molecule has 0 aromatic heterocycles. The molecule has 0 spiro atoms. The van der Waals surface area contributed by atoms with E-state index in [0.717, 1.165) is 12.8 Å². The molecule has 2 rings (SSSR count). The van der Waals surface area contributed by atoms with Crippen LogP contribution in [-0.4, -0.2) is 14.5 Å². The second-order valence-electron chi connectivity index (χ2n) is 5.36. The molecule has 0 aliphatic heterocycles. The summed E-state index contributed by atoms with van der Waals surface area (Å²) in [6.07, 6.45) is 4.16. The van der Waals surface area contributed by atoms with E-state index >= 15 is 0 Å². The summed E-state index contributed by atoms with van der Waals surface area (Å²) in [5.74, 6) is 0.687. The van der Waals surface area contributed by atoms with Crippen LogP contribution >= 0.6 is 11.6 Å². The maximum absolute atomic E-state index is 12.4. The van der Waals surface area contributed by atoms with Gasteiger partial charge in [0.25, 0.3) is 0 Å². The Morgan fingerprint density at radius 3 is 2.70 bits per heavy atom. The lowest BCUT2D eigenvalue weighted by atomic mass is 10.1. The minimum absolute atomic E-state index is 0.00417. The van der Waals surface area contributed by atoms with E-state index in [1.807, 2.05) is 6.92 Å². The molecule has 3 N–H and O–H groups in total. The smallest absolute Gasteiger partial charge is 0.240 e. The van der Waals surface area contributed by atoms with Crippen LogP contribution in [0.2, 0.25) is 5.02 Å². The molecule has 6 heteroatoms. The van der Waals surface area contributed by atoms with Gasteiger partial charge in [0.2, 0.25) is 10.0 Å². The van der Waals surface area contributed by atoms with Crippen molar-refractivity contribution >= 4 is 21.6 Å². The van der Waals surface area contributed by atoms with Gasteiger partial charge in [0, 0.05) is 17.6 Å². The van der Waals surface area contributed by atoms with Gasteiger partial charge >= 0.3 is 0 Å². The van der Waals surface area contributed by atoms with E-state index in [-0.39, 0.29) is 17.5 Å². The molecule has 1 aliphatic rings. The third-order valence-corrected chi connectivity index (χ3v) is 5.56. The topological polar surface area (TPSA) is 72.2 Å². The molecular weight excluding hydrogens is 296 g/mol. The Kier molecular flexibility index (Phi) is 5.07. The number of nitrogens with two attached hydrogens (primary N) is 1. The van der Waals surface area contributed by atoms with E-state index in [2.05, 4.69) is 4.72 Å². The molecule has 1 atom stereocenters. The van der Waals surface area contributed by atoms with Gasteiger partial charge in [-0.25, -0.2) is 13.1 Å². The van der Waals surface area contributed by atoms with Crippen LogP contribution in [0.5, 0.6) is 0 Å². The fraction of sp³-hybridized carbons (Fsp3) is 0.571. The van der Waals surface area contributed by atoms with Gasteiger partial charge in [0.15, 0.2) is 0 Å². The number of halogens is 1. The summed E-state index contributed by atoms with van der Waals surface area (Å²) < 4.78 is 27.6. The Hall–Kier alpha value is -0.620. The Morgan fingerprint density at radius 1 is 1.45 bits per heavy atom. The summed E-state index contributed by atoms with van der Waals surface area (Å²) in [4.78, 5) is 0.233. The first-order chi connectivity index (χ1) is 9.46. The van der Waals surface area contributed by atoms with Gasteiger partial charge in [-0.3, -0.25) is 0 Å². The summed E-state index contributed by atoms with van der Waals surface area (Å²) in [5, 5.41) is 0.497. The number of hydrogen-bond donors (Lipinski definition) is 2. The first-order valence-electron chi connectivity index (χ1n) is 6.97. The molecule has 1 aromatic rings. The fourth-order valence-corrected chi connectivity index (χ4v) is 3.79. The summed E-state index contributed by atoms with van der Waals surface area (Å²) >= 11 is 5.96. The number of rotatable bonds is 7. The van der Waals surface area contributed by atoms with E-state index in [0.29, 0.717) is 16.5 Å². The molecule has 20 heavy (non-hydrogen) atoms. The largest absolute Gasteiger partial charge is 0.326 e. The lowest BCUT2D eigenvalue weighted by Gasteiger charge is -2.17. The van der Waals surface area contributed by atoms with Gasteiger partial charge in [-0.1, -0.05) is 31.4 Å². The van der Waals surface area contributed by atoms with E-state index < -0.39 is 10.0 Å². The molecule has 0 radical (unpaired) electrons. The highest BCUT2D eigenvalue weighted by molar-refractivity contribution is 7.89. The molecule has 1 aliphatic carbocycles. The molecule has 0 amide bonds. The van der Waals surface area contributed by atoms with Crippen molar-refractivity contribution in [2.75, 3.05) is 0 Å². The first kappa shape index (κ1) is 15.8. The van der Waals surface area contributed by atoms with E-state index in [1.165, 1.54) is 18.9 Å². The minimum atomic E-state index is -3.50. The molecule has 1 unspecified atom stereocenters. The molecule has 1 saturated carbocycles. The number of hydrogen-bond acceptors (Lipinski definition) is 3. The molecular formula is C14H21ClN2O2S. The van der Waals surface area contributed by atoms with Gasteiger partial charge in [-0.2, -0.15) is 0 Å². The van der Waals surface area contributed by atoms with Gasteiger partial charge in [0.1, 0.15) is 0 Å². The fourth-order valence-electron chi connectivity index (χ4n) is 2.22. The van der Waals surface area contributed by atoms with Crippen LogP contribution in [0, 0.1) is 5.92 Å². The number of benzene rings is 1. The third-order valence-electron chi connectivity index (χ3n) is 3.68. The van der Waals surface area contributed by atoms with Crippen LogP contribution in [0.15, 0.2) is 23.1 Å². The van der Waals surface area contributed by atoms with Crippen molar-refractivity contribution in [3.63, 3.8) is 0 Å². The van der Waals surface area contributed by atoms with Crippen molar-refractivity contribution in [3.05, 3.63) is 28.8 Å². The average Bonchev–Trinajstić information content (AvgIpc) is 3.22. The lowest BCUT2D eigenvalue weighted by Crippen LogP contribution is -2.34. The lowest BCUT2D eigenvalue weighted by molar-refractivity contribution is 0.495. The summed E-state index contributed by atoms with van der Waals surface area (Å²) in [6.45, 7) is 2.23. The first-order valence-corrected chi connectivity index (χ1v) is 8.83. The number of nitrogens with one attached hydrogen (secondary N) is 1. The van der Waals surface area contributed by atoms with E-state index in [4.69, 9.17) is 17.3 Å². The molecule has 4 nitrogen and oxygen atoms in total. The highest BCUT2D eigenvalue weighted by Gasteiger charge is 2.27. The molecule has 112 valence electrons. The van der Waals surface area contributed by atoms with Crippen molar-refractivity contribution in [2.24, 2.45) is 11.7 Å². The van der Waals surface area contributed by atoms with Crippen LogP contribution in [0.25, 0.3) is 0 Å². The molecule has 0 bridgehead atoms. The van der Waals surface area contributed by atoms with Crippen molar-refractivity contribution in [1.29, 1.82) is 0 Å². The van der Waals surface area contributed by atoms with Gasteiger partial charge in [-0.05, 0) is 42.5 Å². The number of sulfonamides is 1. The Morgan fingerprint density at radius 2 is 2.15 bits per heavy atom. The van der Waals surface area contributed by atoms with Crippen molar-refractivity contribution in [2.45, 2.75) is 50.1 Å². The zero-order valence-electron chi connectivity index (χ0n) is 11.6. The highest BCUT2D eigenvalue weighted by atomic mass is 35.5. The molecule has 0 saturated heterocycles. The van der Waals surface area contributed by atoms with Crippen molar-refractivity contribution < 1.29 is 8.42 Å². The molecule has 1 aromatic carbocycles. The quantitative estimate of drug-likeness (QED) is 0.812. The monoisotopic (exact) mass is 316 g/mol. The van der Waals surface area contributed by atoms with Crippen LogP contribution in [0.3, 0.4) is 0 Å². The van der Waals surface area contributed by atoms with E-state index in [1.54, 1.807) is 12.1 Å². The van der Waals surface area contributed by atoms with Crippen LogP contribution in [-0.2, 0) is 16.6 Å². The highest BCUT2D eigenvalue weighted by Crippen LogP contribution is 2.34. The standard InChI is InChI=1S/C14H21ClN2O2S/c1-2-12(7-10-3-4-10)17-20(18,19)13-5-6-14(15)11(8-13)9-16/h5-6,8,10,12,17H,2-4,7,9,16H2,1H3. The zero-order valence-corrected chi connectivity index (χ0v) is 13.2. The SMILES string of the molecule is CCC(CC1CC1)NS(=O)(=O)c1ccc(Cl)c(CN)c1. The predicted octanol–water partition coefficient (Wildman–Crippen LogP) is 2.66. The third kappa shape index (κ3) is 3.95. The zero-order chi connectivity index (χ0) is 14.8. The van der Waals surface area contributed by atoms with Crippen molar-refractivity contribution in [3.8, 4) is 0 Å². The van der Waals surface area contributed by atoms with E-state index in [9.17, 15) is 8.42 Å². The predicted molar refractivity (Wildman–Crippen MR) is 81.1 cm³/mol. The second-order valence-corrected chi connectivity index (χ2v) is 7.48. The Labute approximate surface area is 125 Å². The maximum Gasteiger partial charge on any atom is 0.240 e. The Balaban J connectivity index is 2.15. The summed E-state index contributed by atoms with van der Waals surface area (Å²) in [5.41, 5.74) is 6.21. The summed E-state index contributed by atoms with van der Waals surface area (Å²) in [6, 6.07) is 4.66. The van der Waals surface area contributed by atoms with Crippen LogP contribution in [0.1, 0.15) is 38.2 Å². The van der Waals surface area contributed by atoms with Crippen LogP contribution < -0.4 is 10.5 Å².